The van der Waals surface area contributed by atoms with Crippen molar-refractivity contribution in [3.05, 3.63) is 72.3 Å². The fourth-order valence-corrected chi connectivity index (χ4v) is 2.88. The van der Waals surface area contributed by atoms with Crippen LogP contribution in [0.25, 0.3) is 5.69 Å². The molecule has 0 aliphatic heterocycles. The van der Waals surface area contributed by atoms with Crippen LogP contribution in [0.3, 0.4) is 0 Å². The van der Waals surface area contributed by atoms with Gasteiger partial charge in [-0.3, -0.25) is 0 Å². The summed E-state index contributed by atoms with van der Waals surface area (Å²) >= 11 is 0. The largest absolute Gasteiger partial charge is 0.378 e. The predicted octanol–water partition coefficient (Wildman–Crippen LogP) is 3.24. The summed E-state index contributed by atoms with van der Waals surface area (Å²) in [5, 5.41) is 7.16. The monoisotopic (exact) mass is 378 g/mol. The summed E-state index contributed by atoms with van der Waals surface area (Å²) in [5.74, 6) is 0. The van der Waals surface area contributed by atoms with Crippen LogP contribution in [0, 0.1) is 0 Å². The van der Waals surface area contributed by atoms with Gasteiger partial charge in [0.05, 0.1) is 11.7 Å². The van der Waals surface area contributed by atoms with Crippen molar-refractivity contribution >= 4 is 11.7 Å². The molecule has 0 radical (unpaired) electrons. The summed E-state index contributed by atoms with van der Waals surface area (Å²) in [6, 6.07) is 15.9. The molecular formula is C21H26N6O. The first kappa shape index (κ1) is 19.4. The average Bonchev–Trinajstić information content (AvgIpc) is 3.23. The second-order valence-electron chi connectivity index (χ2n) is 7.02. The van der Waals surface area contributed by atoms with Gasteiger partial charge in [-0.1, -0.05) is 24.3 Å². The number of urea groups is 1. The van der Waals surface area contributed by atoms with Crippen LogP contribution >= 0.6 is 0 Å². The molecule has 0 saturated heterocycles. The summed E-state index contributed by atoms with van der Waals surface area (Å²) in [7, 11) is 5.82. The van der Waals surface area contributed by atoms with Crippen molar-refractivity contribution in [2.75, 3.05) is 26.0 Å². The molecule has 1 unspecified atom stereocenters. The van der Waals surface area contributed by atoms with E-state index in [0.717, 1.165) is 22.5 Å². The third-order valence-electron chi connectivity index (χ3n) is 4.64. The molecule has 2 aromatic carbocycles. The number of benzene rings is 2. The Labute approximate surface area is 165 Å². The first-order valence-electron chi connectivity index (χ1n) is 9.17. The van der Waals surface area contributed by atoms with Gasteiger partial charge in [-0.25, -0.2) is 14.5 Å². The Bertz CT molecular complexity index is 888. The number of carbonyl (C=O) groups is 1. The number of anilines is 1. The number of carbonyl (C=O) groups excluding carboxylic acids is 1. The van der Waals surface area contributed by atoms with E-state index >= 15 is 0 Å². The van der Waals surface area contributed by atoms with Crippen LogP contribution in [0.1, 0.15) is 24.1 Å². The van der Waals surface area contributed by atoms with Crippen LogP contribution in [0.5, 0.6) is 0 Å². The fraction of sp³-hybridized carbons (Fsp3) is 0.286. The van der Waals surface area contributed by atoms with Gasteiger partial charge < -0.3 is 15.1 Å². The van der Waals surface area contributed by atoms with Crippen molar-refractivity contribution in [3.8, 4) is 5.69 Å². The lowest BCUT2D eigenvalue weighted by Crippen LogP contribution is -2.38. The molecule has 146 valence electrons. The fourth-order valence-electron chi connectivity index (χ4n) is 2.88. The number of aromatic nitrogens is 3. The zero-order chi connectivity index (χ0) is 20.1. The predicted molar refractivity (Wildman–Crippen MR) is 111 cm³/mol. The molecule has 0 aliphatic carbocycles. The molecule has 1 N–H and O–H groups in total. The number of nitrogens with zero attached hydrogens (tertiary/aromatic N) is 5. The van der Waals surface area contributed by atoms with Crippen LogP contribution in [-0.4, -0.2) is 46.8 Å². The van der Waals surface area contributed by atoms with Crippen LogP contribution in [0.15, 0.2) is 61.2 Å². The van der Waals surface area contributed by atoms with E-state index in [0.29, 0.717) is 6.54 Å². The smallest absolute Gasteiger partial charge is 0.317 e. The van der Waals surface area contributed by atoms with E-state index in [-0.39, 0.29) is 12.1 Å². The lowest BCUT2D eigenvalue weighted by molar-refractivity contribution is 0.203. The van der Waals surface area contributed by atoms with Gasteiger partial charge in [0.25, 0.3) is 0 Å². The van der Waals surface area contributed by atoms with E-state index in [1.54, 1.807) is 23.0 Å². The van der Waals surface area contributed by atoms with Gasteiger partial charge in [-0.2, -0.15) is 5.10 Å². The molecule has 1 heterocycles. The Kier molecular flexibility index (Phi) is 5.93. The summed E-state index contributed by atoms with van der Waals surface area (Å²) in [6.45, 7) is 2.53. The van der Waals surface area contributed by atoms with Crippen LogP contribution < -0.4 is 10.2 Å². The zero-order valence-electron chi connectivity index (χ0n) is 16.7. The number of nitrogens with one attached hydrogen (secondary N) is 1. The van der Waals surface area contributed by atoms with E-state index in [2.05, 4.69) is 32.4 Å². The summed E-state index contributed by atoms with van der Waals surface area (Å²) < 4.78 is 1.70. The Morgan fingerprint density at radius 3 is 2.32 bits per heavy atom. The standard InChI is InChI=1S/C21H26N6O/c1-16(18-7-11-20(12-8-18)27-15-22-14-23-27)24-21(28)26(4)13-17-5-9-19(10-6-17)25(2)3/h5-12,14-16H,13H2,1-4H3,(H,24,28). The maximum absolute atomic E-state index is 12.5. The minimum atomic E-state index is -0.107. The van der Waals surface area contributed by atoms with Crippen LogP contribution in [0.2, 0.25) is 0 Å². The van der Waals surface area contributed by atoms with Crippen molar-refractivity contribution < 1.29 is 4.79 Å². The number of rotatable bonds is 6. The van der Waals surface area contributed by atoms with Crippen molar-refractivity contribution in [1.29, 1.82) is 0 Å². The van der Waals surface area contributed by atoms with Gasteiger partial charge in [0.1, 0.15) is 12.7 Å². The molecule has 0 fully saturated rings. The first-order valence-corrected chi connectivity index (χ1v) is 9.17. The molecule has 7 heteroatoms. The normalized spacial score (nSPS) is 11.7. The maximum Gasteiger partial charge on any atom is 0.317 e. The van der Waals surface area contributed by atoms with Crippen molar-refractivity contribution in [2.45, 2.75) is 19.5 Å². The maximum atomic E-state index is 12.5. The van der Waals surface area contributed by atoms with E-state index in [4.69, 9.17) is 0 Å². The highest BCUT2D eigenvalue weighted by atomic mass is 16.2. The third-order valence-corrected chi connectivity index (χ3v) is 4.64. The molecular weight excluding hydrogens is 352 g/mol. The molecule has 0 aliphatic rings. The molecule has 3 rings (SSSR count). The Morgan fingerprint density at radius 1 is 1.07 bits per heavy atom. The number of hydrogen-bond acceptors (Lipinski definition) is 4. The average molecular weight is 378 g/mol. The van der Waals surface area contributed by atoms with Crippen molar-refractivity contribution in [3.63, 3.8) is 0 Å². The summed E-state index contributed by atoms with van der Waals surface area (Å²) in [6.07, 6.45) is 3.15. The molecule has 28 heavy (non-hydrogen) atoms. The Balaban J connectivity index is 1.57. The molecule has 1 aromatic heterocycles. The van der Waals surface area contributed by atoms with E-state index in [1.807, 2.05) is 57.4 Å². The first-order chi connectivity index (χ1) is 13.4. The highest BCUT2D eigenvalue weighted by Gasteiger charge is 2.14. The van der Waals surface area contributed by atoms with Crippen molar-refractivity contribution in [2.24, 2.45) is 0 Å². The molecule has 0 spiro atoms. The summed E-state index contributed by atoms with van der Waals surface area (Å²) in [5.41, 5.74) is 4.19. The lowest BCUT2D eigenvalue weighted by Gasteiger charge is -2.22. The van der Waals surface area contributed by atoms with Gasteiger partial charge in [0, 0.05) is 33.4 Å². The zero-order valence-corrected chi connectivity index (χ0v) is 16.7. The van der Waals surface area contributed by atoms with Gasteiger partial charge in [-0.05, 0) is 42.3 Å². The van der Waals surface area contributed by atoms with Gasteiger partial charge in [-0.15, -0.1) is 0 Å². The van der Waals surface area contributed by atoms with Crippen LogP contribution in [-0.2, 0) is 6.54 Å². The van der Waals surface area contributed by atoms with E-state index < -0.39 is 0 Å². The second-order valence-corrected chi connectivity index (χ2v) is 7.02. The second kappa shape index (κ2) is 8.56. The Morgan fingerprint density at radius 2 is 1.75 bits per heavy atom. The molecule has 3 aromatic rings. The van der Waals surface area contributed by atoms with E-state index in [1.165, 1.54) is 6.33 Å². The van der Waals surface area contributed by atoms with Gasteiger partial charge in [0.15, 0.2) is 0 Å². The van der Waals surface area contributed by atoms with Gasteiger partial charge >= 0.3 is 6.03 Å². The van der Waals surface area contributed by atoms with Crippen molar-refractivity contribution in [1.82, 2.24) is 25.0 Å². The Hall–Kier alpha value is -3.35. The highest BCUT2D eigenvalue weighted by Crippen LogP contribution is 2.16. The molecule has 0 bridgehead atoms. The third kappa shape index (κ3) is 4.68. The van der Waals surface area contributed by atoms with Crippen LogP contribution in [0.4, 0.5) is 10.5 Å². The SMILES string of the molecule is CC(NC(=O)N(C)Cc1ccc(N(C)C)cc1)c1ccc(-n2cncn2)cc1. The minimum Gasteiger partial charge on any atom is -0.378 e. The quantitative estimate of drug-likeness (QED) is 0.715. The molecule has 0 saturated carbocycles. The molecule has 7 nitrogen and oxygen atoms in total. The topological polar surface area (TPSA) is 66.3 Å². The molecule has 2 amide bonds. The van der Waals surface area contributed by atoms with E-state index in [9.17, 15) is 4.79 Å². The summed E-state index contributed by atoms with van der Waals surface area (Å²) in [4.78, 5) is 20.2. The lowest BCUT2D eigenvalue weighted by atomic mass is 10.1. The van der Waals surface area contributed by atoms with Gasteiger partial charge in [0.2, 0.25) is 0 Å². The number of hydrogen-bond donors (Lipinski definition) is 1. The number of amides is 2. The highest BCUT2D eigenvalue weighted by molar-refractivity contribution is 5.74. The molecule has 1 atom stereocenters. The minimum absolute atomic E-state index is 0.101.